The Balaban J connectivity index is 2.95. The maximum absolute atomic E-state index is 12.5. The molecule has 0 fully saturated rings. The van der Waals surface area contributed by atoms with Gasteiger partial charge in [-0.05, 0) is 18.2 Å². The zero-order chi connectivity index (χ0) is 8.27. The summed E-state index contributed by atoms with van der Waals surface area (Å²) in [5.74, 6) is 4.74. The van der Waals surface area contributed by atoms with Crippen molar-refractivity contribution in [1.29, 1.82) is 0 Å². The van der Waals surface area contributed by atoms with Gasteiger partial charge < -0.3 is 0 Å². The number of amides is 1. The Kier molecular flexibility index (Phi) is 2.18. The van der Waals surface area contributed by atoms with Crippen molar-refractivity contribution < 1.29 is 9.18 Å². The molecule has 2 N–H and O–H groups in total. The predicted octanol–water partition coefficient (Wildman–Crippen LogP) is 0.662. The molecule has 4 heteroatoms. The number of anilines is 1. The fourth-order valence-electron chi connectivity index (χ4n) is 0.698. The molecular weight excluding hydrogens is 147 g/mol. The maximum Gasteiger partial charge on any atom is 0.228 e. The summed E-state index contributed by atoms with van der Waals surface area (Å²) in [5.41, 5.74) is 0.333. The minimum Gasteiger partial charge on any atom is -0.277 e. The van der Waals surface area contributed by atoms with E-state index in [0.29, 0.717) is 12.1 Å². The molecule has 1 rings (SSSR count). The number of hydrazine groups is 1. The van der Waals surface area contributed by atoms with Crippen LogP contribution in [0.4, 0.5) is 10.1 Å². The molecule has 3 nitrogen and oxygen atoms in total. The minimum atomic E-state index is -0.417. The molecule has 0 atom stereocenters. The molecule has 0 spiro atoms. The molecule has 0 radical (unpaired) electrons. The van der Waals surface area contributed by atoms with Gasteiger partial charge in [-0.25, -0.2) is 10.2 Å². The van der Waals surface area contributed by atoms with Gasteiger partial charge >= 0.3 is 0 Å². The molecule has 0 saturated carbocycles. The largest absolute Gasteiger partial charge is 0.277 e. The lowest BCUT2D eigenvalue weighted by molar-refractivity contribution is -0.107. The van der Waals surface area contributed by atoms with E-state index in [1.165, 1.54) is 24.3 Å². The van der Waals surface area contributed by atoms with Gasteiger partial charge in [-0.15, -0.1) is 0 Å². The van der Waals surface area contributed by atoms with Crippen molar-refractivity contribution in [2.45, 2.75) is 0 Å². The van der Waals surface area contributed by atoms with Crippen molar-refractivity contribution in [3.05, 3.63) is 30.1 Å². The SMILES string of the molecule is NN(C=O)c1cccc(F)c1. The molecule has 0 bridgehead atoms. The summed E-state index contributed by atoms with van der Waals surface area (Å²) >= 11 is 0. The van der Waals surface area contributed by atoms with E-state index >= 15 is 0 Å². The molecule has 1 amide bonds. The normalized spacial score (nSPS) is 9.27. The summed E-state index contributed by atoms with van der Waals surface area (Å²) in [6, 6.07) is 5.47. The van der Waals surface area contributed by atoms with E-state index in [0.717, 1.165) is 5.01 Å². The highest BCUT2D eigenvalue weighted by Crippen LogP contribution is 2.10. The van der Waals surface area contributed by atoms with Crippen LogP contribution < -0.4 is 10.9 Å². The molecule has 0 saturated heterocycles. The molecule has 0 aliphatic carbocycles. The first-order valence-corrected chi connectivity index (χ1v) is 2.99. The smallest absolute Gasteiger partial charge is 0.228 e. The molecule has 11 heavy (non-hydrogen) atoms. The van der Waals surface area contributed by atoms with Crippen LogP contribution in [-0.2, 0) is 4.79 Å². The number of carbonyl (C=O) groups excluding carboxylic acids is 1. The summed E-state index contributed by atoms with van der Waals surface area (Å²) in [7, 11) is 0. The van der Waals surface area contributed by atoms with Gasteiger partial charge in [-0.1, -0.05) is 6.07 Å². The average Bonchev–Trinajstić information content (AvgIpc) is 2.03. The van der Waals surface area contributed by atoms with E-state index in [1.54, 1.807) is 0 Å². The van der Waals surface area contributed by atoms with E-state index in [-0.39, 0.29) is 0 Å². The molecular formula is C7H7FN2O. The van der Waals surface area contributed by atoms with Gasteiger partial charge in [0, 0.05) is 0 Å². The molecule has 0 aliphatic rings. The summed E-state index contributed by atoms with van der Waals surface area (Å²) in [5, 5.41) is 0.809. The third-order valence-corrected chi connectivity index (χ3v) is 1.22. The van der Waals surface area contributed by atoms with Crippen LogP contribution in [0.2, 0.25) is 0 Å². The standard InChI is InChI=1S/C7H7FN2O/c8-6-2-1-3-7(4-6)10(9)5-11/h1-5H,9H2. The van der Waals surface area contributed by atoms with Gasteiger partial charge in [-0.2, -0.15) is 0 Å². The van der Waals surface area contributed by atoms with Crippen LogP contribution >= 0.6 is 0 Å². The van der Waals surface area contributed by atoms with Crippen LogP contribution in [0.25, 0.3) is 0 Å². The highest BCUT2D eigenvalue weighted by molar-refractivity contribution is 5.72. The Labute approximate surface area is 63.2 Å². The molecule has 0 aliphatic heterocycles. The number of nitrogens with two attached hydrogens (primary N) is 1. The number of halogens is 1. The predicted molar refractivity (Wildman–Crippen MR) is 39.1 cm³/mol. The summed E-state index contributed by atoms with van der Waals surface area (Å²) < 4.78 is 12.5. The number of rotatable bonds is 2. The molecule has 1 aromatic rings. The second-order valence-corrected chi connectivity index (χ2v) is 1.99. The van der Waals surface area contributed by atoms with Crippen molar-refractivity contribution in [2.75, 3.05) is 5.01 Å². The van der Waals surface area contributed by atoms with Crippen molar-refractivity contribution in [1.82, 2.24) is 0 Å². The highest BCUT2D eigenvalue weighted by atomic mass is 19.1. The molecule has 0 aromatic heterocycles. The average molecular weight is 154 g/mol. The van der Waals surface area contributed by atoms with Gasteiger partial charge in [0.25, 0.3) is 0 Å². The third-order valence-electron chi connectivity index (χ3n) is 1.22. The van der Waals surface area contributed by atoms with Gasteiger partial charge in [0.05, 0.1) is 5.69 Å². The third kappa shape index (κ3) is 1.75. The van der Waals surface area contributed by atoms with E-state index in [9.17, 15) is 9.18 Å². The zero-order valence-corrected chi connectivity index (χ0v) is 5.70. The zero-order valence-electron chi connectivity index (χ0n) is 5.70. The molecule has 0 unspecified atom stereocenters. The Hall–Kier alpha value is -1.42. The molecule has 0 heterocycles. The number of carbonyl (C=O) groups is 1. The number of hydrogen-bond donors (Lipinski definition) is 1. The Bertz CT molecular complexity index is 264. The summed E-state index contributed by atoms with van der Waals surface area (Å²) in [6.45, 7) is 0. The number of nitrogens with zero attached hydrogens (tertiary/aromatic N) is 1. The van der Waals surface area contributed by atoms with E-state index in [2.05, 4.69) is 0 Å². The topological polar surface area (TPSA) is 46.3 Å². The van der Waals surface area contributed by atoms with Crippen LogP contribution in [0.3, 0.4) is 0 Å². The van der Waals surface area contributed by atoms with Crippen LogP contribution in [0.5, 0.6) is 0 Å². The second kappa shape index (κ2) is 3.12. The van der Waals surface area contributed by atoms with Crippen LogP contribution in [0, 0.1) is 5.82 Å². The van der Waals surface area contributed by atoms with Gasteiger partial charge in [0.2, 0.25) is 6.41 Å². The fraction of sp³-hybridized carbons (Fsp3) is 0. The molecule has 58 valence electrons. The minimum absolute atomic E-state index is 0.333. The first-order chi connectivity index (χ1) is 5.24. The maximum atomic E-state index is 12.5. The first-order valence-electron chi connectivity index (χ1n) is 2.99. The van der Waals surface area contributed by atoms with Gasteiger partial charge in [0.1, 0.15) is 5.82 Å². The quantitative estimate of drug-likeness (QED) is 0.294. The lowest BCUT2D eigenvalue weighted by atomic mass is 10.3. The highest BCUT2D eigenvalue weighted by Gasteiger charge is 1.98. The van der Waals surface area contributed by atoms with E-state index in [1.807, 2.05) is 0 Å². The first kappa shape index (κ1) is 7.68. The summed E-state index contributed by atoms with van der Waals surface area (Å²) in [4.78, 5) is 10.1. The Morgan fingerprint density at radius 1 is 1.55 bits per heavy atom. The molecule has 1 aromatic carbocycles. The van der Waals surface area contributed by atoms with Crippen molar-refractivity contribution >= 4 is 12.1 Å². The Morgan fingerprint density at radius 2 is 2.27 bits per heavy atom. The van der Waals surface area contributed by atoms with Crippen LogP contribution in [0.1, 0.15) is 0 Å². The van der Waals surface area contributed by atoms with E-state index in [4.69, 9.17) is 5.84 Å². The lowest BCUT2D eigenvalue weighted by Gasteiger charge is -2.08. The van der Waals surface area contributed by atoms with Gasteiger partial charge in [-0.3, -0.25) is 9.80 Å². The van der Waals surface area contributed by atoms with Crippen molar-refractivity contribution in [3.8, 4) is 0 Å². The van der Waals surface area contributed by atoms with Crippen molar-refractivity contribution in [3.63, 3.8) is 0 Å². The monoisotopic (exact) mass is 154 g/mol. The number of benzene rings is 1. The van der Waals surface area contributed by atoms with Crippen molar-refractivity contribution in [2.24, 2.45) is 5.84 Å². The van der Waals surface area contributed by atoms with E-state index < -0.39 is 5.82 Å². The number of hydrogen-bond acceptors (Lipinski definition) is 2. The second-order valence-electron chi connectivity index (χ2n) is 1.99. The lowest BCUT2D eigenvalue weighted by Crippen LogP contribution is -2.28. The van der Waals surface area contributed by atoms with Gasteiger partial charge in [0.15, 0.2) is 0 Å². The Morgan fingerprint density at radius 3 is 2.82 bits per heavy atom. The van der Waals surface area contributed by atoms with Crippen LogP contribution in [-0.4, -0.2) is 6.41 Å². The van der Waals surface area contributed by atoms with Crippen LogP contribution in [0.15, 0.2) is 24.3 Å². The fourth-order valence-corrected chi connectivity index (χ4v) is 0.698. The summed E-state index contributed by atoms with van der Waals surface area (Å²) in [6.07, 6.45) is 0.411.